The molecule has 0 amide bonds. The molecule has 202 valence electrons. The summed E-state index contributed by atoms with van der Waals surface area (Å²) in [6.45, 7) is 0.236. The van der Waals surface area contributed by atoms with E-state index in [1.54, 1.807) is 48.7 Å². The highest BCUT2D eigenvalue weighted by Crippen LogP contribution is 2.30. The highest BCUT2D eigenvalue weighted by atomic mass is 79.9. The maximum Gasteiger partial charge on any atom is 0.282 e. The molecule has 0 spiro atoms. The number of hydrogen-bond acceptors (Lipinski definition) is 7. The Bertz CT molecular complexity index is 2030. The SMILES string of the molecule is O=c1c2ccccc2nc(-c2cc3cc(Br)ccc3o2)n1N=Cc1ccc(OCc2ccc([N+](=O)[O-])cc2)c(Br)c1. The van der Waals surface area contributed by atoms with Gasteiger partial charge < -0.3 is 9.15 Å². The van der Waals surface area contributed by atoms with Crippen molar-refractivity contribution in [2.75, 3.05) is 0 Å². The summed E-state index contributed by atoms with van der Waals surface area (Å²) in [5, 5.41) is 16.7. The number of non-ortho nitro benzene ring substituents is 1. The normalized spacial score (nSPS) is 11.5. The Labute approximate surface area is 249 Å². The van der Waals surface area contributed by atoms with E-state index in [0.29, 0.717) is 38.0 Å². The largest absolute Gasteiger partial charge is 0.488 e. The van der Waals surface area contributed by atoms with Crippen LogP contribution in [-0.2, 0) is 6.61 Å². The second-order valence-corrected chi connectivity index (χ2v) is 10.8. The first kappa shape index (κ1) is 26.6. The van der Waals surface area contributed by atoms with Crippen LogP contribution in [0.2, 0.25) is 0 Å². The van der Waals surface area contributed by atoms with E-state index in [4.69, 9.17) is 14.1 Å². The smallest absolute Gasteiger partial charge is 0.282 e. The van der Waals surface area contributed by atoms with Crippen molar-refractivity contribution in [3.8, 4) is 17.3 Å². The fraction of sp³-hybridized carbons (Fsp3) is 0.0333. The Morgan fingerprint density at radius 2 is 1.80 bits per heavy atom. The van der Waals surface area contributed by atoms with E-state index in [2.05, 4.69) is 37.0 Å². The zero-order valence-corrected chi connectivity index (χ0v) is 24.2. The number of nitrogens with zero attached hydrogens (tertiary/aromatic N) is 4. The molecule has 0 saturated carbocycles. The van der Waals surface area contributed by atoms with Gasteiger partial charge in [0, 0.05) is 22.0 Å². The summed E-state index contributed by atoms with van der Waals surface area (Å²) in [5.74, 6) is 1.27. The van der Waals surface area contributed by atoms with Gasteiger partial charge >= 0.3 is 0 Å². The molecule has 2 aromatic heterocycles. The first-order chi connectivity index (χ1) is 19.9. The van der Waals surface area contributed by atoms with Gasteiger partial charge in [0.25, 0.3) is 11.2 Å². The second-order valence-electron chi connectivity index (χ2n) is 9.01. The molecule has 0 aliphatic carbocycles. The predicted octanol–water partition coefficient (Wildman–Crippen LogP) is 7.70. The van der Waals surface area contributed by atoms with E-state index in [1.807, 2.05) is 36.4 Å². The summed E-state index contributed by atoms with van der Waals surface area (Å²) in [6.07, 6.45) is 1.56. The number of benzene rings is 4. The molecule has 0 aliphatic rings. The van der Waals surface area contributed by atoms with Crippen LogP contribution in [0, 0.1) is 10.1 Å². The summed E-state index contributed by atoms with van der Waals surface area (Å²) < 4.78 is 14.7. The van der Waals surface area contributed by atoms with Crippen molar-refractivity contribution in [1.29, 1.82) is 0 Å². The van der Waals surface area contributed by atoms with Gasteiger partial charge in [-0.05, 0) is 93.8 Å². The lowest BCUT2D eigenvalue weighted by Crippen LogP contribution is -2.20. The molecule has 0 radical (unpaired) electrons. The van der Waals surface area contributed by atoms with E-state index >= 15 is 0 Å². The van der Waals surface area contributed by atoms with Crippen LogP contribution in [-0.4, -0.2) is 20.8 Å². The number of hydrogen-bond donors (Lipinski definition) is 0. The Balaban J connectivity index is 1.31. The first-order valence-electron chi connectivity index (χ1n) is 12.3. The third-order valence-corrected chi connectivity index (χ3v) is 7.39. The van der Waals surface area contributed by atoms with Crippen molar-refractivity contribution in [3.63, 3.8) is 0 Å². The number of fused-ring (bicyclic) bond motifs is 2. The van der Waals surface area contributed by atoms with Crippen LogP contribution >= 0.6 is 31.9 Å². The molecule has 6 rings (SSSR count). The number of ether oxygens (including phenoxy) is 1. The maximum absolute atomic E-state index is 13.5. The molecule has 6 aromatic rings. The number of halogens is 2. The molecule has 11 heteroatoms. The van der Waals surface area contributed by atoms with E-state index in [0.717, 1.165) is 15.4 Å². The number of aromatic nitrogens is 2. The van der Waals surface area contributed by atoms with E-state index < -0.39 is 4.92 Å². The molecule has 0 unspecified atom stereocenters. The number of furan rings is 1. The molecule has 0 fully saturated rings. The molecule has 0 aliphatic heterocycles. The molecule has 4 aromatic carbocycles. The molecule has 0 bridgehead atoms. The van der Waals surface area contributed by atoms with Gasteiger partial charge in [-0.15, -0.1) is 0 Å². The Morgan fingerprint density at radius 1 is 1.00 bits per heavy atom. The van der Waals surface area contributed by atoms with Crippen molar-refractivity contribution < 1.29 is 14.1 Å². The van der Waals surface area contributed by atoms with Crippen LogP contribution in [0.15, 0.2) is 114 Å². The zero-order valence-electron chi connectivity index (χ0n) is 21.0. The topological polar surface area (TPSA) is 113 Å². The van der Waals surface area contributed by atoms with Gasteiger partial charge in [0.15, 0.2) is 5.76 Å². The van der Waals surface area contributed by atoms with Gasteiger partial charge in [-0.2, -0.15) is 9.78 Å². The van der Waals surface area contributed by atoms with E-state index in [9.17, 15) is 14.9 Å². The molecular formula is C30H18Br2N4O5. The Hall–Kier alpha value is -4.61. The van der Waals surface area contributed by atoms with Crippen LogP contribution in [0.4, 0.5) is 5.69 Å². The Kier molecular flexibility index (Phi) is 7.21. The van der Waals surface area contributed by atoms with Crippen molar-refractivity contribution in [2.24, 2.45) is 5.10 Å². The van der Waals surface area contributed by atoms with E-state index in [1.165, 1.54) is 16.8 Å². The number of rotatable bonds is 7. The average Bonchev–Trinajstić information content (AvgIpc) is 3.39. The second kappa shape index (κ2) is 11.1. The standard InChI is InChI=1S/C30H18Br2N4O5/c31-21-8-12-26-20(14-21)15-28(41-26)29-34-25-4-2-1-3-23(25)30(37)35(29)33-16-19-7-11-27(24(32)13-19)40-17-18-5-9-22(10-6-18)36(38)39/h1-16H,17H2. The van der Waals surface area contributed by atoms with Crippen molar-refractivity contribution in [3.05, 3.63) is 132 Å². The van der Waals surface area contributed by atoms with Gasteiger partial charge in [-0.25, -0.2) is 4.98 Å². The van der Waals surface area contributed by atoms with Crippen LogP contribution in [0.25, 0.3) is 33.5 Å². The summed E-state index contributed by atoms with van der Waals surface area (Å²) in [5.41, 5.74) is 2.40. The fourth-order valence-corrected chi connectivity index (χ4v) is 5.12. The van der Waals surface area contributed by atoms with Crippen LogP contribution in [0.3, 0.4) is 0 Å². The van der Waals surface area contributed by atoms with E-state index in [-0.39, 0.29) is 23.7 Å². The Morgan fingerprint density at radius 3 is 2.59 bits per heavy atom. The molecule has 9 nitrogen and oxygen atoms in total. The molecule has 2 heterocycles. The van der Waals surface area contributed by atoms with Crippen LogP contribution < -0.4 is 10.3 Å². The number of nitro groups is 1. The van der Waals surface area contributed by atoms with Gasteiger partial charge in [0.05, 0.1) is 26.5 Å². The van der Waals surface area contributed by atoms with Crippen molar-refractivity contribution in [1.82, 2.24) is 9.66 Å². The van der Waals surface area contributed by atoms with Crippen LogP contribution in [0.5, 0.6) is 5.75 Å². The molecular weight excluding hydrogens is 656 g/mol. The van der Waals surface area contributed by atoms with Gasteiger partial charge in [0.1, 0.15) is 17.9 Å². The average molecular weight is 674 g/mol. The lowest BCUT2D eigenvalue weighted by molar-refractivity contribution is -0.384. The molecule has 41 heavy (non-hydrogen) atoms. The number of para-hydroxylation sites is 1. The minimum atomic E-state index is -0.442. The number of nitro benzene ring substituents is 1. The summed E-state index contributed by atoms with van der Waals surface area (Å²) in [6, 6.07) is 26.2. The van der Waals surface area contributed by atoms with Crippen molar-refractivity contribution >= 4 is 65.6 Å². The van der Waals surface area contributed by atoms with Gasteiger partial charge in [-0.3, -0.25) is 14.9 Å². The molecule has 0 saturated heterocycles. The lowest BCUT2D eigenvalue weighted by Gasteiger charge is -2.09. The highest BCUT2D eigenvalue weighted by molar-refractivity contribution is 9.10. The van der Waals surface area contributed by atoms with Gasteiger partial charge in [0.2, 0.25) is 5.82 Å². The monoisotopic (exact) mass is 672 g/mol. The highest BCUT2D eigenvalue weighted by Gasteiger charge is 2.17. The maximum atomic E-state index is 13.5. The molecule has 0 atom stereocenters. The third kappa shape index (κ3) is 5.54. The minimum Gasteiger partial charge on any atom is -0.488 e. The summed E-state index contributed by atoms with van der Waals surface area (Å²) in [7, 11) is 0. The minimum absolute atomic E-state index is 0.0239. The van der Waals surface area contributed by atoms with Crippen molar-refractivity contribution in [2.45, 2.75) is 6.61 Å². The lowest BCUT2D eigenvalue weighted by atomic mass is 10.2. The molecule has 0 N–H and O–H groups in total. The quantitative estimate of drug-likeness (QED) is 0.0975. The third-order valence-electron chi connectivity index (χ3n) is 6.27. The van der Waals surface area contributed by atoms with Gasteiger partial charge in [-0.1, -0.05) is 28.1 Å². The summed E-state index contributed by atoms with van der Waals surface area (Å²) in [4.78, 5) is 28.6. The van der Waals surface area contributed by atoms with Crippen LogP contribution in [0.1, 0.15) is 11.1 Å². The fourth-order valence-electron chi connectivity index (χ4n) is 4.23. The predicted molar refractivity (Wildman–Crippen MR) is 163 cm³/mol. The summed E-state index contributed by atoms with van der Waals surface area (Å²) >= 11 is 7.00. The zero-order chi connectivity index (χ0) is 28.5. The first-order valence-corrected chi connectivity index (χ1v) is 13.9.